The van der Waals surface area contributed by atoms with Crippen molar-refractivity contribution in [2.45, 2.75) is 12.8 Å². The van der Waals surface area contributed by atoms with Gasteiger partial charge in [-0.1, -0.05) is 15.9 Å². The molecule has 108 valence electrons. The van der Waals surface area contributed by atoms with Gasteiger partial charge < -0.3 is 15.3 Å². The number of carbonyl (C=O) groups is 2. The Labute approximate surface area is 133 Å². The first-order valence-corrected chi connectivity index (χ1v) is 7.77. The minimum atomic E-state index is -0.812. The second kappa shape index (κ2) is 6.58. The molecular weight excluding hydrogens is 392 g/mol. The Hall–Kier alpha value is -1.08. The summed E-state index contributed by atoms with van der Waals surface area (Å²) in [5.74, 6) is -0.764. The molecule has 1 atom stereocenters. The zero-order chi connectivity index (χ0) is 14.7. The van der Waals surface area contributed by atoms with Gasteiger partial charge in [-0.3, -0.25) is 4.79 Å². The van der Waals surface area contributed by atoms with Crippen LogP contribution < -0.4 is 5.32 Å². The Morgan fingerprint density at radius 2 is 2.15 bits per heavy atom. The van der Waals surface area contributed by atoms with Gasteiger partial charge in [0.2, 0.25) is 0 Å². The Balaban J connectivity index is 1.94. The predicted molar refractivity (Wildman–Crippen MR) is 82.8 cm³/mol. The fraction of sp³-hybridized carbons (Fsp3) is 0.385. The monoisotopic (exact) mass is 404 g/mol. The summed E-state index contributed by atoms with van der Waals surface area (Å²) in [6.07, 6.45) is 0.854. The number of anilines is 1. The molecule has 1 aromatic rings. The van der Waals surface area contributed by atoms with Crippen LogP contribution >= 0.6 is 31.9 Å². The number of carbonyl (C=O) groups excluding carboxylic acids is 1. The minimum Gasteiger partial charge on any atom is -0.481 e. The zero-order valence-electron chi connectivity index (χ0n) is 10.6. The molecule has 1 aromatic carbocycles. The Kier molecular flexibility index (Phi) is 5.04. The second-order valence-electron chi connectivity index (χ2n) is 4.75. The summed E-state index contributed by atoms with van der Waals surface area (Å²) in [6.45, 7) is 1.09. The molecule has 20 heavy (non-hydrogen) atoms. The van der Waals surface area contributed by atoms with Crippen molar-refractivity contribution in [2.24, 2.45) is 5.92 Å². The highest BCUT2D eigenvalue weighted by atomic mass is 79.9. The number of carboxylic acid groups (broad SMARTS) is 1. The van der Waals surface area contributed by atoms with Gasteiger partial charge in [-0.15, -0.1) is 0 Å². The number of rotatable bonds is 3. The van der Waals surface area contributed by atoms with Gasteiger partial charge in [0.05, 0.1) is 5.69 Å². The lowest BCUT2D eigenvalue weighted by atomic mass is 10.1. The maximum Gasteiger partial charge on any atom is 0.321 e. The first-order chi connectivity index (χ1) is 9.45. The molecule has 1 heterocycles. The van der Waals surface area contributed by atoms with Gasteiger partial charge in [-0.05, 0) is 46.5 Å². The third-order valence-corrected chi connectivity index (χ3v) is 4.36. The maximum absolute atomic E-state index is 12.1. The smallest absolute Gasteiger partial charge is 0.321 e. The van der Waals surface area contributed by atoms with E-state index in [0.717, 1.165) is 15.4 Å². The molecule has 2 N–H and O–H groups in total. The SMILES string of the molecule is O=C(O)CC1CCN(C(=O)Nc2ccc(Br)cc2Br)C1. The highest BCUT2D eigenvalue weighted by Gasteiger charge is 2.27. The molecule has 0 aromatic heterocycles. The summed E-state index contributed by atoms with van der Waals surface area (Å²) in [6, 6.07) is 5.31. The summed E-state index contributed by atoms with van der Waals surface area (Å²) in [4.78, 5) is 24.4. The van der Waals surface area contributed by atoms with Gasteiger partial charge in [-0.2, -0.15) is 0 Å². The van der Waals surface area contributed by atoms with Crippen LogP contribution in [-0.4, -0.2) is 35.1 Å². The van der Waals surface area contributed by atoms with E-state index in [2.05, 4.69) is 37.2 Å². The molecule has 1 saturated heterocycles. The Morgan fingerprint density at radius 3 is 2.80 bits per heavy atom. The van der Waals surface area contributed by atoms with Crippen molar-refractivity contribution >= 4 is 49.5 Å². The zero-order valence-corrected chi connectivity index (χ0v) is 13.8. The van der Waals surface area contributed by atoms with Crippen molar-refractivity contribution in [2.75, 3.05) is 18.4 Å². The molecule has 1 aliphatic heterocycles. The molecule has 1 aliphatic rings. The number of halogens is 2. The Bertz CT molecular complexity index is 536. The van der Waals surface area contributed by atoms with Crippen molar-refractivity contribution in [3.63, 3.8) is 0 Å². The van der Waals surface area contributed by atoms with E-state index < -0.39 is 5.97 Å². The fourth-order valence-electron chi connectivity index (χ4n) is 2.22. The van der Waals surface area contributed by atoms with Crippen LogP contribution in [0.2, 0.25) is 0 Å². The van der Waals surface area contributed by atoms with Crippen LogP contribution in [-0.2, 0) is 4.79 Å². The van der Waals surface area contributed by atoms with Crippen molar-refractivity contribution in [3.8, 4) is 0 Å². The van der Waals surface area contributed by atoms with Crippen LogP contribution in [0, 0.1) is 5.92 Å². The van der Waals surface area contributed by atoms with Crippen LogP contribution in [0.3, 0.4) is 0 Å². The summed E-state index contributed by atoms with van der Waals surface area (Å²) in [5.41, 5.74) is 0.694. The molecular formula is C13H14Br2N2O3. The average Bonchev–Trinajstić information content (AvgIpc) is 2.80. The molecule has 0 bridgehead atoms. The first kappa shape index (κ1) is 15.3. The molecule has 2 rings (SSSR count). The van der Waals surface area contributed by atoms with Gasteiger partial charge in [0.1, 0.15) is 0 Å². The van der Waals surface area contributed by atoms with Crippen LogP contribution in [0.4, 0.5) is 10.5 Å². The summed E-state index contributed by atoms with van der Waals surface area (Å²) in [5, 5.41) is 11.6. The van der Waals surface area contributed by atoms with Crippen molar-refractivity contribution < 1.29 is 14.7 Å². The van der Waals surface area contributed by atoms with Crippen LogP contribution in [0.5, 0.6) is 0 Å². The van der Waals surface area contributed by atoms with Gasteiger partial charge in [0.15, 0.2) is 0 Å². The molecule has 0 spiro atoms. The summed E-state index contributed by atoms with van der Waals surface area (Å²) in [7, 11) is 0. The number of carboxylic acids is 1. The molecule has 1 unspecified atom stereocenters. The highest BCUT2D eigenvalue weighted by molar-refractivity contribution is 9.11. The lowest BCUT2D eigenvalue weighted by Crippen LogP contribution is -2.33. The van der Waals surface area contributed by atoms with Crippen molar-refractivity contribution in [3.05, 3.63) is 27.1 Å². The number of benzene rings is 1. The van der Waals surface area contributed by atoms with E-state index in [0.29, 0.717) is 18.8 Å². The number of amides is 2. The van der Waals surface area contributed by atoms with Crippen LogP contribution in [0.15, 0.2) is 27.1 Å². The van der Waals surface area contributed by atoms with Crippen molar-refractivity contribution in [1.29, 1.82) is 0 Å². The van der Waals surface area contributed by atoms with Crippen LogP contribution in [0.1, 0.15) is 12.8 Å². The molecule has 1 fully saturated rings. The Morgan fingerprint density at radius 1 is 1.40 bits per heavy atom. The van der Waals surface area contributed by atoms with E-state index >= 15 is 0 Å². The number of nitrogens with one attached hydrogen (secondary N) is 1. The normalized spacial score (nSPS) is 18.1. The van der Waals surface area contributed by atoms with Crippen molar-refractivity contribution in [1.82, 2.24) is 4.90 Å². The number of hydrogen-bond acceptors (Lipinski definition) is 2. The highest BCUT2D eigenvalue weighted by Crippen LogP contribution is 2.27. The minimum absolute atomic E-state index is 0.0478. The van der Waals surface area contributed by atoms with Gasteiger partial charge in [0, 0.05) is 28.5 Å². The number of urea groups is 1. The second-order valence-corrected chi connectivity index (χ2v) is 6.52. The topological polar surface area (TPSA) is 69.6 Å². The van der Waals surface area contributed by atoms with Crippen LogP contribution in [0.25, 0.3) is 0 Å². The van der Waals surface area contributed by atoms with E-state index in [9.17, 15) is 9.59 Å². The third-order valence-electron chi connectivity index (χ3n) is 3.21. The first-order valence-electron chi connectivity index (χ1n) is 6.18. The molecule has 0 saturated carbocycles. The predicted octanol–water partition coefficient (Wildman–Crippen LogP) is 3.54. The fourth-order valence-corrected chi connectivity index (χ4v) is 3.36. The molecule has 5 nitrogen and oxygen atoms in total. The number of nitrogens with zero attached hydrogens (tertiary/aromatic N) is 1. The lowest BCUT2D eigenvalue weighted by molar-refractivity contribution is -0.138. The lowest BCUT2D eigenvalue weighted by Gasteiger charge is -2.17. The van der Waals surface area contributed by atoms with E-state index in [1.807, 2.05) is 12.1 Å². The molecule has 0 radical (unpaired) electrons. The van der Waals surface area contributed by atoms with Gasteiger partial charge >= 0.3 is 12.0 Å². The molecule has 7 heteroatoms. The largest absolute Gasteiger partial charge is 0.481 e. The van der Waals surface area contributed by atoms with E-state index in [1.165, 1.54) is 0 Å². The van der Waals surface area contributed by atoms with E-state index in [4.69, 9.17) is 5.11 Å². The van der Waals surface area contributed by atoms with Gasteiger partial charge in [-0.25, -0.2) is 4.79 Å². The summed E-state index contributed by atoms with van der Waals surface area (Å²) < 4.78 is 1.71. The molecule has 2 amide bonds. The standard InChI is InChI=1S/C13H14Br2N2O3/c14-9-1-2-11(10(15)6-9)16-13(20)17-4-3-8(7-17)5-12(18)19/h1-2,6,8H,3-5,7H2,(H,16,20)(H,18,19). The number of aliphatic carboxylic acids is 1. The third kappa shape index (κ3) is 3.96. The molecule has 0 aliphatic carbocycles. The number of likely N-dealkylation sites (tertiary alicyclic amines) is 1. The number of hydrogen-bond donors (Lipinski definition) is 2. The maximum atomic E-state index is 12.1. The van der Waals surface area contributed by atoms with Gasteiger partial charge in [0.25, 0.3) is 0 Å². The van der Waals surface area contributed by atoms with E-state index in [1.54, 1.807) is 11.0 Å². The van der Waals surface area contributed by atoms with E-state index in [-0.39, 0.29) is 18.4 Å². The summed E-state index contributed by atoms with van der Waals surface area (Å²) >= 11 is 6.74. The average molecular weight is 406 g/mol. The quantitative estimate of drug-likeness (QED) is 0.807.